The van der Waals surface area contributed by atoms with Crippen LogP contribution in [0.4, 0.5) is 18.9 Å². The number of aromatic carboxylic acids is 1. The molecule has 0 aliphatic carbocycles. The van der Waals surface area contributed by atoms with Gasteiger partial charge in [-0.1, -0.05) is 12.1 Å². The molecule has 1 aromatic carbocycles. The first-order valence-electron chi connectivity index (χ1n) is 6.00. The Labute approximate surface area is 122 Å². The van der Waals surface area contributed by atoms with Crippen LogP contribution in [-0.4, -0.2) is 26.8 Å². The molecule has 22 heavy (non-hydrogen) atoms. The number of carbonyl (C=O) groups is 2. The monoisotopic (exact) mass is 313 g/mol. The minimum absolute atomic E-state index is 0.237. The zero-order chi connectivity index (χ0) is 16.3. The van der Waals surface area contributed by atoms with E-state index in [9.17, 15) is 22.8 Å². The highest BCUT2D eigenvalue weighted by molar-refractivity contribution is 5.92. The number of para-hydroxylation sites is 1. The molecule has 9 heteroatoms. The molecule has 0 atom stereocenters. The average Bonchev–Trinajstić information content (AvgIpc) is 2.86. The van der Waals surface area contributed by atoms with Crippen LogP contribution in [0.25, 0.3) is 0 Å². The number of alkyl halides is 3. The molecule has 0 spiro atoms. The number of nitrogens with zero attached hydrogens (tertiary/aromatic N) is 2. The molecule has 1 aromatic heterocycles. The predicted octanol–water partition coefficient (Wildman–Crippen LogP) is 2.24. The van der Waals surface area contributed by atoms with Crippen LogP contribution in [0.5, 0.6) is 0 Å². The lowest BCUT2D eigenvalue weighted by Gasteiger charge is -2.13. The van der Waals surface area contributed by atoms with E-state index in [1.807, 2.05) is 0 Å². The van der Waals surface area contributed by atoms with Gasteiger partial charge in [-0.2, -0.15) is 18.3 Å². The fourth-order valence-corrected chi connectivity index (χ4v) is 1.81. The molecule has 6 nitrogen and oxygen atoms in total. The van der Waals surface area contributed by atoms with E-state index in [0.717, 1.165) is 16.8 Å². The van der Waals surface area contributed by atoms with Crippen LogP contribution in [-0.2, 0) is 17.5 Å². The molecule has 0 aliphatic heterocycles. The van der Waals surface area contributed by atoms with Crippen molar-refractivity contribution in [3.05, 3.63) is 47.8 Å². The summed E-state index contributed by atoms with van der Waals surface area (Å²) in [5.74, 6) is -2.11. The summed E-state index contributed by atoms with van der Waals surface area (Å²) in [6, 6.07) is 5.68. The number of aromatic nitrogens is 2. The van der Waals surface area contributed by atoms with Crippen molar-refractivity contribution in [1.29, 1.82) is 0 Å². The Hall–Kier alpha value is -2.84. The van der Waals surface area contributed by atoms with E-state index >= 15 is 0 Å². The van der Waals surface area contributed by atoms with Crippen LogP contribution < -0.4 is 5.32 Å². The molecule has 0 aliphatic rings. The number of carbonyl (C=O) groups excluding carboxylic acids is 1. The van der Waals surface area contributed by atoms with Gasteiger partial charge in [0, 0.05) is 6.20 Å². The van der Waals surface area contributed by atoms with Crippen LogP contribution in [0.1, 0.15) is 16.1 Å². The SMILES string of the molecule is O=C(Cn1nccc1C(=O)O)Nc1ccccc1C(F)(F)F. The summed E-state index contributed by atoms with van der Waals surface area (Å²) >= 11 is 0. The van der Waals surface area contributed by atoms with Crippen molar-refractivity contribution in [2.75, 3.05) is 5.32 Å². The van der Waals surface area contributed by atoms with Gasteiger partial charge in [-0.05, 0) is 18.2 Å². The number of anilines is 1. The summed E-state index contributed by atoms with van der Waals surface area (Å²) in [7, 11) is 0. The smallest absolute Gasteiger partial charge is 0.418 e. The van der Waals surface area contributed by atoms with Crippen LogP contribution in [0, 0.1) is 0 Å². The lowest BCUT2D eigenvalue weighted by molar-refractivity contribution is -0.137. The molecule has 0 fully saturated rings. The van der Waals surface area contributed by atoms with Gasteiger partial charge >= 0.3 is 12.1 Å². The highest BCUT2D eigenvalue weighted by atomic mass is 19.4. The zero-order valence-corrected chi connectivity index (χ0v) is 11.0. The highest BCUT2D eigenvalue weighted by Gasteiger charge is 2.33. The molecule has 0 bridgehead atoms. The minimum atomic E-state index is -4.61. The van der Waals surface area contributed by atoms with Crippen molar-refractivity contribution in [2.24, 2.45) is 0 Å². The summed E-state index contributed by atoms with van der Waals surface area (Å²) in [6.45, 7) is -0.513. The maximum atomic E-state index is 12.8. The average molecular weight is 313 g/mol. The Bertz CT molecular complexity index is 710. The van der Waals surface area contributed by atoms with Gasteiger partial charge in [0.2, 0.25) is 5.91 Å². The van der Waals surface area contributed by atoms with Gasteiger partial charge in [0.05, 0.1) is 11.3 Å². The molecular weight excluding hydrogens is 303 g/mol. The second-order valence-electron chi connectivity index (χ2n) is 4.27. The minimum Gasteiger partial charge on any atom is -0.477 e. The van der Waals surface area contributed by atoms with E-state index in [2.05, 4.69) is 10.4 Å². The van der Waals surface area contributed by atoms with E-state index in [0.29, 0.717) is 0 Å². The van der Waals surface area contributed by atoms with Crippen LogP contribution in [0.15, 0.2) is 36.5 Å². The topological polar surface area (TPSA) is 84.2 Å². The van der Waals surface area contributed by atoms with E-state index in [4.69, 9.17) is 5.11 Å². The molecule has 1 amide bonds. The van der Waals surface area contributed by atoms with Crippen LogP contribution >= 0.6 is 0 Å². The molecule has 2 rings (SSSR count). The quantitative estimate of drug-likeness (QED) is 0.906. The highest BCUT2D eigenvalue weighted by Crippen LogP contribution is 2.34. The van der Waals surface area contributed by atoms with Gasteiger partial charge < -0.3 is 10.4 Å². The lowest BCUT2D eigenvalue weighted by Crippen LogP contribution is -2.23. The van der Waals surface area contributed by atoms with Crippen molar-refractivity contribution < 1.29 is 27.9 Å². The summed E-state index contributed by atoms with van der Waals surface area (Å²) in [5.41, 5.74) is -1.62. The maximum absolute atomic E-state index is 12.8. The third-order valence-corrected chi connectivity index (χ3v) is 2.74. The Kier molecular flexibility index (Phi) is 4.15. The normalized spacial score (nSPS) is 11.2. The summed E-state index contributed by atoms with van der Waals surface area (Å²) in [5, 5.41) is 14.6. The van der Waals surface area contributed by atoms with Gasteiger partial charge in [0.1, 0.15) is 12.2 Å². The zero-order valence-electron chi connectivity index (χ0n) is 11.0. The largest absolute Gasteiger partial charge is 0.477 e. The Morgan fingerprint density at radius 3 is 2.55 bits per heavy atom. The number of nitrogens with one attached hydrogen (secondary N) is 1. The first kappa shape index (κ1) is 15.5. The summed E-state index contributed by atoms with van der Waals surface area (Å²) < 4.78 is 39.3. The van der Waals surface area contributed by atoms with Gasteiger partial charge in [-0.25, -0.2) is 9.48 Å². The van der Waals surface area contributed by atoms with Gasteiger partial charge in [0.25, 0.3) is 0 Å². The number of carboxylic acids is 1. The van der Waals surface area contributed by atoms with E-state index in [1.54, 1.807) is 0 Å². The number of carboxylic acid groups (broad SMARTS) is 1. The molecule has 0 saturated heterocycles. The molecule has 2 N–H and O–H groups in total. The number of benzene rings is 1. The van der Waals surface area contributed by atoms with Crippen LogP contribution in [0.2, 0.25) is 0 Å². The number of halogens is 3. The Morgan fingerprint density at radius 2 is 1.91 bits per heavy atom. The van der Waals surface area contributed by atoms with Gasteiger partial charge in [-0.3, -0.25) is 4.79 Å². The number of rotatable bonds is 4. The molecule has 116 valence electrons. The number of amides is 1. The molecule has 0 radical (unpaired) electrons. The van der Waals surface area contributed by atoms with Crippen molar-refractivity contribution in [3.8, 4) is 0 Å². The molecule has 0 saturated carbocycles. The van der Waals surface area contributed by atoms with E-state index < -0.39 is 35.8 Å². The van der Waals surface area contributed by atoms with Crippen molar-refractivity contribution in [2.45, 2.75) is 12.7 Å². The fourth-order valence-electron chi connectivity index (χ4n) is 1.81. The maximum Gasteiger partial charge on any atom is 0.418 e. The second-order valence-corrected chi connectivity index (χ2v) is 4.27. The summed E-state index contributed by atoms with van der Waals surface area (Å²) in [6.07, 6.45) is -3.43. The standard InChI is InChI=1S/C13H10F3N3O3/c14-13(15,16)8-3-1-2-4-9(8)18-11(20)7-19-10(12(21)22)5-6-17-19/h1-6H,7H2,(H,18,20)(H,21,22). The van der Waals surface area contributed by atoms with E-state index in [1.165, 1.54) is 24.4 Å². The van der Waals surface area contributed by atoms with Crippen molar-refractivity contribution in [1.82, 2.24) is 9.78 Å². The predicted molar refractivity (Wildman–Crippen MR) is 69.3 cm³/mol. The molecular formula is C13H10F3N3O3. The third kappa shape index (κ3) is 3.43. The second kappa shape index (κ2) is 5.88. The Morgan fingerprint density at radius 1 is 1.23 bits per heavy atom. The molecule has 2 aromatic rings. The van der Waals surface area contributed by atoms with Crippen molar-refractivity contribution >= 4 is 17.6 Å². The first-order chi connectivity index (χ1) is 10.3. The van der Waals surface area contributed by atoms with E-state index in [-0.39, 0.29) is 5.69 Å². The number of hydrogen-bond donors (Lipinski definition) is 2. The van der Waals surface area contributed by atoms with Gasteiger partial charge in [0.15, 0.2) is 0 Å². The third-order valence-electron chi connectivity index (χ3n) is 2.74. The Balaban J connectivity index is 2.17. The molecule has 0 unspecified atom stereocenters. The number of hydrogen-bond acceptors (Lipinski definition) is 3. The summed E-state index contributed by atoms with van der Waals surface area (Å²) in [4.78, 5) is 22.7. The first-order valence-corrected chi connectivity index (χ1v) is 6.00. The van der Waals surface area contributed by atoms with Crippen LogP contribution in [0.3, 0.4) is 0 Å². The molecule has 1 heterocycles. The van der Waals surface area contributed by atoms with Crippen molar-refractivity contribution in [3.63, 3.8) is 0 Å². The van der Waals surface area contributed by atoms with Gasteiger partial charge in [-0.15, -0.1) is 0 Å². The fraction of sp³-hybridized carbons (Fsp3) is 0.154. The lowest BCUT2D eigenvalue weighted by atomic mass is 10.1.